The molecule has 0 spiro atoms. The lowest BCUT2D eigenvalue weighted by Gasteiger charge is -2.05. The fourth-order valence-electron chi connectivity index (χ4n) is 2.63. The molecule has 24 heavy (non-hydrogen) atoms. The van der Waals surface area contributed by atoms with Crippen LogP contribution >= 0.6 is 0 Å². The van der Waals surface area contributed by atoms with E-state index in [1.54, 1.807) is 18.7 Å². The van der Waals surface area contributed by atoms with Gasteiger partial charge in [-0.1, -0.05) is 12.1 Å². The molecular formula is C17H17N3O4. The summed E-state index contributed by atoms with van der Waals surface area (Å²) in [4.78, 5) is 28.4. The minimum Gasteiger partial charge on any atom is -0.497 e. The Labute approximate surface area is 138 Å². The summed E-state index contributed by atoms with van der Waals surface area (Å²) in [5.74, 6) is 0.226. The number of nitrogens with zero attached hydrogens (tertiary/aromatic N) is 3. The van der Waals surface area contributed by atoms with Crippen LogP contribution in [0.5, 0.6) is 5.75 Å². The molecule has 2 aromatic heterocycles. The van der Waals surface area contributed by atoms with Gasteiger partial charge in [-0.05, 0) is 17.7 Å². The van der Waals surface area contributed by atoms with Crippen LogP contribution in [0.4, 0.5) is 0 Å². The molecule has 0 bridgehead atoms. The largest absolute Gasteiger partial charge is 0.497 e. The van der Waals surface area contributed by atoms with Gasteiger partial charge >= 0.3 is 5.97 Å². The van der Waals surface area contributed by atoms with E-state index in [-0.39, 0.29) is 12.1 Å². The average molecular weight is 327 g/mol. The molecule has 0 N–H and O–H groups in total. The van der Waals surface area contributed by atoms with Gasteiger partial charge in [0.05, 0.1) is 20.5 Å². The molecule has 0 aliphatic carbocycles. The summed E-state index contributed by atoms with van der Waals surface area (Å²) in [6, 6.07) is 7.55. The van der Waals surface area contributed by atoms with Crippen LogP contribution in [0.2, 0.25) is 0 Å². The van der Waals surface area contributed by atoms with E-state index in [1.807, 2.05) is 30.5 Å². The molecule has 1 aromatic carbocycles. The van der Waals surface area contributed by atoms with Crippen molar-refractivity contribution in [3.63, 3.8) is 0 Å². The van der Waals surface area contributed by atoms with E-state index in [2.05, 4.69) is 9.72 Å². The highest BCUT2D eigenvalue weighted by Gasteiger charge is 2.16. The Morgan fingerprint density at radius 1 is 1.29 bits per heavy atom. The third kappa shape index (κ3) is 2.64. The first-order valence-electron chi connectivity index (χ1n) is 7.31. The number of benzene rings is 1. The van der Waals surface area contributed by atoms with E-state index in [9.17, 15) is 9.59 Å². The van der Waals surface area contributed by atoms with E-state index < -0.39 is 5.97 Å². The number of carbonyl (C=O) groups is 1. The van der Waals surface area contributed by atoms with Gasteiger partial charge in [0, 0.05) is 18.8 Å². The van der Waals surface area contributed by atoms with Crippen LogP contribution in [0.15, 0.2) is 41.6 Å². The smallest absolute Gasteiger partial charge is 0.325 e. The van der Waals surface area contributed by atoms with Crippen LogP contribution in [0.3, 0.4) is 0 Å². The SMILES string of the molecule is COC(=O)Cn1cnc2c(-c3cccc(OC)c3)cn(C)c2c1=O. The van der Waals surface area contributed by atoms with E-state index in [4.69, 9.17) is 4.74 Å². The molecule has 7 heteroatoms. The van der Waals surface area contributed by atoms with E-state index in [0.717, 1.165) is 16.9 Å². The molecular weight excluding hydrogens is 310 g/mol. The van der Waals surface area contributed by atoms with E-state index in [1.165, 1.54) is 18.0 Å². The second-order valence-electron chi connectivity index (χ2n) is 5.34. The van der Waals surface area contributed by atoms with Crippen molar-refractivity contribution in [2.45, 2.75) is 6.54 Å². The maximum atomic E-state index is 12.6. The van der Waals surface area contributed by atoms with Crippen LogP contribution in [-0.2, 0) is 23.1 Å². The third-order valence-electron chi connectivity index (χ3n) is 3.85. The first-order valence-corrected chi connectivity index (χ1v) is 7.31. The lowest BCUT2D eigenvalue weighted by molar-refractivity contribution is -0.141. The second kappa shape index (κ2) is 6.19. The Morgan fingerprint density at radius 2 is 2.08 bits per heavy atom. The number of hydrogen-bond acceptors (Lipinski definition) is 5. The molecule has 0 aliphatic heterocycles. The number of ether oxygens (including phenoxy) is 2. The number of esters is 1. The van der Waals surface area contributed by atoms with E-state index >= 15 is 0 Å². The summed E-state index contributed by atoms with van der Waals surface area (Å²) >= 11 is 0. The van der Waals surface area contributed by atoms with Crippen molar-refractivity contribution in [2.75, 3.05) is 14.2 Å². The van der Waals surface area contributed by atoms with Crippen molar-refractivity contribution in [1.29, 1.82) is 0 Å². The van der Waals surface area contributed by atoms with Crippen molar-refractivity contribution in [3.8, 4) is 16.9 Å². The lowest BCUT2D eigenvalue weighted by atomic mass is 10.1. The van der Waals surface area contributed by atoms with Gasteiger partial charge < -0.3 is 14.0 Å². The number of carbonyl (C=O) groups excluding carboxylic acids is 1. The van der Waals surface area contributed by atoms with Gasteiger partial charge in [-0.2, -0.15) is 0 Å². The number of methoxy groups -OCH3 is 2. The normalized spacial score (nSPS) is 10.8. The molecule has 0 unspecified atom stereocenters. The van der Waals surface area contributed by atoms with Crippen molar-refractivity contribution in [2.24, 2.45) is 7.05 Å². The van der Waals surface area contributed by atoms with Gasteiger partial charge in [0.15, 0.2) is 0 Å². The van der Waals surface area contributed by atoms with Gasteiger partial charge in [0.1, 0.15) is 23.3 Å². The maximum Gasteiger partial charge on any atom is 0.325 e. The van der Waals surface area contributed by atoms with Gasteiger partial charge in [0.2, 0.25) is 0 Å². The standard InChI is InChI=1S/C17H17N3O4/c1-19-8-13(11-5-4-6-12(7-11)23-2)15-16(19)17(22)20(10-18-15)9-14(21)24-3/h4-8,10H,9H2,1-3H3. The second-order valence-corrected chi connectivity index (χ2v) is 5.34. The van der Waals surface area contributed by atoms with Crippen LogP contribution in [0.25, 0.3) is 22.2 Å². The molecule has 2 heterocycles. The first-order chi connectivity index (χ1) is 11.5. The maximum absolute atomic E-state index is 12.6. The fraction of sp³-hybridized carbons (Fsp3) is 0.235. The molecule has 124 valence electrons. The Balaban J connectivity index is 2.17. The van der Waals surface area contributed by atoms with Crippen LogP contribution in [0, 0.1) is 0 Å². The summed E-state index contributed by atoms with van der Waals surface area (Å²) in [6.07, 6.45) is 3.21. The van der Waals surface area contributed by atoms with Crippen molar-refractivity contribution < 1.29 is 14.3 Å². The minimum absolute atomic E-state index is 0.169. The number of aromatic nitrogens is 3. The summed E-state index contributed by atoms with van der Waals surface area (Å²) < 4.78 is 12.8. The topological polar surface area (TPSA) is 75.4 Å². The quantitative estimate of drug-likeness (QED) is 0.680. The van der Waals surface area contributed by atoms with E-state index in [0.29, 0.717) is 11.0 Å². The highest BCUT2D eigenvalue weighted by Crippen LogP contribution is 2.29. The summed E-state index contributed by atoms with van der Waals surface area (Å²) in [7, 11) is 4.66. The third-order valence-corrected chi connectivity index (χ3v) is 3.85. The zero-order valence-electron chi connectivity index (χ0n) is 13.6. The highest BCUT2D eigenvalue weighted by atomic mass is 16.5. The van der Waals surface area contributed by atoms with Gasteiger partial charge in [-0.15, -0.1) is 0 Å². The predicted molar refractivity (Wildman–Crippen MR) is 89.0 cm³/mol. The number of hydrogen-bond donors (Lipinski definition) is 0. The molecule has 0 fully saturated rings. The fourth-order valence-corrected chi connectivity index (χ4v) is 2.63. The van der Waals surface area contributed by atoms with Gasteiger partial charge in [-0.25, -0.2) is 4.98 Å². The Morgan fingerprint density at radius 3 is 2.79 bits per heavy atom. The molecule has 7 nitrogen and oxygen atoms in total. The Hall–Kier alpha value is -3.09. The lowest BCUT2D eigenvalue weighted by Crippen LogP contribution is -2.26. The monoisotopic (exact) mass is 327 g/mol. The van der Waals surface area contributed by atoms with Crippen molar-refractivity contribution in [1.82, 2.24) is 14.1 Å². The molecule has 3 rings (SSSR count). The average Bonchev–Trinajstić information content (AvgIpc) is 2.94. The molecule has 3 aromatic rings. The van der Waals surface area contributed by atoms with Gasteiger partial charge in [-0.3, -0.25) is 14.2 Å². The minimum atomic E-state index is -0.500. The van der Waals surface area contributed by atoms with Crippen molar-refractivity contribution >= 4 is 17.0 Å². The van der Waals surface area contributed by atoms with Crippen molar-refractivity contribution in [3.05, 3.63) is 47.1 Å². The number of aryl methyl sites for hydroxylation is 1. The number of fused-ring (bicyclic) bond motifs is 1. The zero-order valence-corrected chi connectivity index (χ0v) is 13.6. The van der Waals surface area contributed by atoms with Crippen LogP contribution in [0.1, 0.15) is 0 Å². The summed E-state index contributed by atoms with van der Waals surface area (Å²) in [6.45, 7) is -0.169. The molecule has 0 radical (unpaired) electrons. The summed E-state index contributed by atoms with van der Waals surface area (Å²) in [5.41, 5.74) is 2.45. The Bertz CT molecular complexity index is 972. The van der Waals surface area contributed by atoms with Crippen LogP contribution < -0.4 is 10.3 Å². The van der Waals surface area contributed by atoms with Gasteiger partial charge in [0.25, 0.3) is 5.56 Å². The summed E-state index contributed by atoms with van der Waals surface area (Å²) in [5, 5.41) is 0. The molecule has 0 saturated heterocycles. The zero-order chi connectivity index (χ0) is 17.3. The molecule has 0 saturated carbocycles. The van der Waals surface area contributed by atoms with Crippen LogP contribution in [-0.4, -0.2) is 34.3 Å². The Kier molecular flexibility index (Phi) is 4.07. The molecule has 0 amide bonds. The first kappa shape index (κ1) is 15.8. The highest BCUT2D eigenvalue weighted by molar-refractivity contribution is 5.92. The molecule has 0 aliphatic rings. The predicted octanol–water partition coefficient (Wildman–Crippen LogP) is 1.58. The number of rotatable bonds is 4. The molecule has 0 atom stereocenters.